The molecular weight excluding hydrogens is 579 g/mol. The zero-order valence-corrected chi connectivity index (χ0v) is 33.4. The summed E-state index contributed by atoms with van der Waals surface area (Å²) in [6, 6.07) is 2.08. The van der Waals surface area contributed by atoms with E-state index < -0.39 is 0 Å². The van der Waals surface area contributed by atoms with E-state index in [1.165, 1.54) is 16.7 Å². The molecule has 5 heteroatoms. The lowest BCUT2D eigenvalue weighted by Crippen LogP contribution is -2.59. The van der Waals surface area contributed by atoms with Gasteiger partial charge in [0.15, 0.2) is 0 Å². The highest BCUT2D eigenvalue weighted by Crippen LogP contribution is 2.54. The second-order valence-corrected chi connectivity index (χ2v) is 22.2. The summed E-state index contributed by atoms with van der Waals surface area (Å²) in [5, 5.41) is 15.8. The predicted molar refractivity (Wildman–Crippen MR) is 199 cm³/mol. The first-order valence-corrected chi connectivity index (χ1v) is 19.0. The van der Waals surface area contributed by atoms with E-state index in [4.69, 9.17) is 0 Å². The highest BCUT2D eigenvalue weighted by molar-refractivity contribution is 5.51. The van der Waals surface area contributed by atoms with Gasteiger partial charge in [-0.2, -0.15) is 0 Å². The molecule has 268 valence electrons. The summed E-state index contributed by atoms with van der Waals surface area (Å²) in [7, 11) is 0. The van der Waals surface area contributed by atoms with Crippen LogP contribution in [0.4, 0.5) is 4.39 Å². The maximum absolute atomic E-state index is 17.7. The first-order valence-electron chi connectivity index (χ1n) is 19.0. The summed E-state index contributed by atoms with van der Waals surface area (Å²) >= 11 is 0. The zero-order valence-electron chi connectivity index (χ0n) is 33.4. The van der Waals surface area contributed by atoms with Crippen LogP contribution in [0.15, 0.2) is 6.07 Å². The highest BCUT2D eigenvalue weighted by Gasteiger charge is 2.49. The third-order valence-electron chi connectivity index (χ3n) is 11.9. The van der Waals surface area contributed by atoms with Crippen molar-refractivity contribution in [3.05, 3.63) is 34.1 Å². The van der Waals surface area contributed by atoms with Crippen LogP contribution in [0, 0.1) is 5.82 Å². The maximum Gasteiger partial charge on any atom is 0.127 e. The van der Waals surface area contributed by atoms with E-state index in [1.54, 1.807) is 0 Å². The number of piperidine rings is 4. The van der Waals surface area contributed by atoms with E-state index in [9.17, 15) is 0 Å². The minimum absolute atomic E-state index is 0.00638. The van der Waals surface area contributed by atoms with Crippen LogP contribution in [-0.2, 0) is 0 Å². The molecule has 4 nitrogen and oxygen atoms in total. The van der Waals surface area contributed by atoms with E-state index in [2.05, 4.69) is 138 Å². The molecule has 1 aromatic carbocycles. The van der Waals surface area contributed by atoms with Crippen LogP contribution < -0.4 is 21.3 Å². The number of hydrogen-bond donors (Lipinski definition) is 4. The fourth-order valence-corrected chi connectivity index (χ4v) is 12.5. The second kappa shape index (κ2) is 11.5. The van der Waals surface area contributed by atoms with Crippen LogP contribution in [0.5, 0.6) is 0 Å². The fraction of sp³-hybridized carbons (Fsp3) is 0.857. The van der Waals surface area contributed by atoms with E-state index >= 15 is 4.39 Å². The van der Waals surface area contributed by atoms with Crippen LogP contribution >= 0.6 is 0 Å². The first kappa shape index (κ1) is 37.3. The summed E-state index contributed by atoms with van der Waals surface area (Å²) < 4.78 is 17.7. The van der Waals surface area contributed by atoms with Crippen LogP contribution in [0.2, 0.25) is 0 Å². The fourth-order valence-electron chi connectivity index (χ4n) is 12.5. The Hall–Kier alpha value is -1.01. The van der Waals surface area contributed by atoms with E-state index in [1.807, 2.05) is 0 Å². The van der Waals surface area contributed by atoms with E-state index in [-0.39, 0.29) is 56.0 Å². The quantitative estimate of drug-likeness (QED) is 0.262. The number of hydrogen-bond acceptors (Lipinski definition) is 4. The molecule has 0 saturated carbocycles. The minimum Gasteiger partial charge on any atom is -0.307 e. The van der Waals surface area contributed by atoms with Crippen molar-refractivity contribution in [1.82, 2.24) is 21.3 Å². The molecule has 4 aliphatic rings. The van der Waals surface area contributed by atoms with Crippen molar-refractivity contribution in [3.8, 4) is 0 Å². The van der Waals surface area contributed by atoms with E-state index in [0.717, 1.165) is 56.9 Å². The van der Waals surface area contributed by atoms with Gasteiger partial charge in [-0.15, -0.1) is 0 Å². The molecule has 0 unspecified atom stereocenters. The van der Waals surface area contributed by atoms with Gasteiger partial charge in [-0.25, -0.2) is 4.39 Å². The summed E-state index contributed by atoms with van der Waals surface area (Å²) in [5.41, 5.74) is 5.07. The monoisotopic (exact) mass is 653 g/mol. The SMILES string of the molecule is CC1(C)CC(c2cc(F)c(C3CC(C)(C)NC(C)(C)C3)c(C3CC(C)(C)NC(C)(C)C3)c2C2CC(C)(C)NC(C)(C)C2)CC(C)(C)N1. The van der Waals surface area contributed by atoms with Crippen molar-refractivity contribution in [1.29, 1.82) is 0 Å². The summed E-state index contributed by atoms with van der Waals surface area (Å²) in [4.78, 5) is 0. The highest BCUT2D eigenvalue weighted by atomic mass is 19.1. The Morgan fingerprint density at radius 1 is 0.383 bits per heavy atom. The molecule has 4 heterocycles. The summed E-state index contributed by atoms with van der Waals surface area (Å²) in [6.07, 6.45) is 8.14. The van der Waals surface area contributed by atoms with Gasteiger partial charge in [-0.05, 0) is 214 Å². The Balaban J connectivity index is 1.85. The van der Waals surface area contributed by atoms with Gasteiger partial charge >= 0.3 is 0 Å². The van der Waals surface area contributed by atoms with E-state index in [0.29, 0.717) is 17.8 Å². The minimum atomic E-state index is -0.0660. The second-order valence-electron chi connectivity index (χ2n) is 22.2. The number of rotatable bonds is 4. The predicted octanol–water partition coefficient (Wildman–Crippen LogP) is 9.92. The van der Waals surface area contributed by atoms with Crippen molar-refractivity contribution >= 4 is 0 Å². The van der Waals surface area contributed by atoms with Gasteiger partial charge in [0.2, 0.25) is 0 Å². The average Bonchev–Trinajstić information content (AvgIpc) is 2.75. The largest absolute Gasteiger partial charge is 0.307 e. The lowest BCUT2D eigenvalue weighted by Gasteiger charge is -2.52. The van der Waals surface area contributed by atoms with Gasteiger partial charge in [0, 0.05) is 44.3 Å². The molecular formula is C42H73FN4. The molecule has 4 saturated heterocycles. The molecule has 5 rings (SSSR count). The topological polar surface area (TPSA) is 48.1 Å². The molecule has 47 heavy (non-hydrogen) atoms. The molecule has 0 bridgehead atoms. The van der Waals surface area contributed by atoms with Gasteiger partial charge in [0.25, 0.3) is 0 Å². The Morgan fingerprint density at radius 2 is 0.617 bits per heavy atom. The Bertz CT molecular complexity index is 1280. The maximum atomic E-state index is 17.7. The number of nitrogens with one attached hydrogen (secondary N) is 4. The molecule has 0 aromatic heterocycles. The van der Waals surface area contributed by atoms with Gasteiger partial charge in [0.1, 0.15) is 5.82 Å². The molecule has 1 aromatic rings. The zero-order chi connectivity index (χ0) is 35.4. The van der Waals surface area contributed by atoms with Crippen molar-refractivity contribution in [2.75, 3.05) is 0 Å². The summed E-state index contributed by atoms with van der Waals surface area (Å²) in [6.45, 7) is 37.7. The van der Waals surface area contributed by atoms with Gasteiger partial charge in [-0.3, -0.25) is 0 Å². The molecule has 0 amide bonds. The smallest absolute Gasteiger partial charge is 0.127 e. The standard InChI is InChI=1S/C42H73FN4/c1-35(2)18-26(19-36(3,4)44-35)30-17-31(43)33(28-22-39(9,10)46-40(11,12)23-28)34(29-24-41(13,14)47-42(15,16)25-29)32(30)27-20-37(5,6)45-38(7,8)21-27/h17,26-29,44-47H,18-25H2,1-16H3. The lowest BCUT2D eigenvalue weighted by atomic mass is 9.61. The Morgan fingerprint density at radius 3 is 0.915 bits per heavy atom. The molecule has 0 aliphatic carbocycles. The van der Waals surface area contributed by atoms with Gasteiger partial charge in [-0.1, -0.05) is 0 Å². The third-order valence-corrected chi connectivity index (χ3v) is 11.9. The molecule has 0 radical (unpaired) electrons. The van der Waals surface area contributed by atoms with Crippen LogP contribution in [0.25, 0.3) is 0 Å². The van der Waals surface area contributed by atoms with Crippen molar-refractivity contribution in [2.45, 2.75) is 230 Å². The number of halogens is 1. The lowest BCUT2D eigenvalue weighted by molar-refractivity contribution is 0.143. The normalized spacial score (nSPS) is 30.2. The Kier molecular flexibility index (Phi) is 9.12. The molecule has 0 spiro atoms. The first-order chi connectivity index (χ1) is 21.0. The molecule has 4 N–H and O–H groups in total. The van der Waals surface area contributed by atoms with Crippen LogP contribution in [-0.4, -0.2) is 44.3 Å². The van der Waals surface area contributed by atoms with Gasteiger partial charge < -0.3 is 21.3 Å². The van der Waals surface area contributed by atoms with Crippen molar-refractivity contribution in [2.24, 2.45) is 0 Å². The van der Waals surface area contributed by atoms with Crippen LogP contribution in [0.1, 0.15) is 208 Å². The molecule has 0 atom stereocenters. The average molecular weight is 653 g/mol. The Labute approximate surface area is 289 Å². The third kappa shape index (κ3) is 8.49. The van der Waals surface area contributed by atoms with Crippen molar-refractivity contribution in [3.63, 3.8) is 0 Å². The summed E-state index contributed by atoms with van der Waals surface area (Å²) in [5.74, 6) is 1.21. The van der Waals surface area contributed by atoms with Crippen molar-refractivity contribution < 1.29 is 4.39 Å². The molecule has 4 fully saturated rings. The molecule has 4 aliphatic heterocycles. The van der Waals surface area contributed by atoms with Crippen LogP contribution in [0.3, 0.4) is 0 Å². The van der Waals surface area contributed by atoms with Gasteiger partial charge in [0.05, 0.1) is 0 Å². The number of benzene rings is 1.